The van der Waals surface area contributed by atoms with Crippen molar-refractivity contribution < 1.29 is 4.74 Å². The van der Waals surface area contributed by atoms with Crippen molar-refractivity contribution in [1.29, 1.82) is 0 Å². The normalized spacial score (nSPS) is 22.4. The Bertz CT molecular complexity index is 629. The molecule has 0 amide bonds. The van der Waals surface area contributed by atoms with Crippen LogP contribution in [0.25, 0.3) is 0 Å². The van der Waals surface area contributed by atoms with E-state index >= 15 is 0 Å². The molecule has 2 heterocycles. The van der Waals surface area contributed by atoms with Crippen LogP contribution < -0.4 is 15.4 Å². The van der Waals surface area contributed by atoms with Gasteiger partial charge in [-0.25, -0.2) is 0 Å². The topological polar surface area (TPSA) is 52.1 Å². The SMILES string of the molecule is CCNC(=NCC(c1cccc(OC)c1)N1CCCC1)NCC1CCCN1C. The van der Waals surface area contributed by atoms with Gasteiger partial charge in [-0.1, -0.05) is 12.1 Å². The molecule has 28 heavy (non-hydrogen) atoms. The highest BCUT2D eigenvalue weighted by Gasteiger charge is 2.24. The second kappa shape index (κ2) is 10.7. The van der Waals surface area contributed by atoms with Crippen molar-refractivity contribution >= 4 is 5.96 Å². The maximum atomic E-state index is 5.45. The molecule has 0 saturated carbocycles. The highest BCUT2D eigenvalue weighted by atomic mass is 16.5. The van der Waals surface area contributed by atoms with Gasteiger partial charge in [-0.2, -0.15) is 0 Å². The Hall–Kier alpha value is -1.79. The van der Waals surface area contributed by atoms with E-state index in [-0.39, 0.29) is 0 Å². The minimum absolute atomic E-state index is 0.294. The molecular formula is C22H37N5O. The number of nitrogens with one attached hydrogen (secondary N) is 2. The molecule has 2 aliphatic heterocycles. The van der Waals surface area contributed by atoms with Crippen molar-refractivity contribution in [2.24, 2.45) is 4.99 Å². The van der Waals surface area contributed by atoms with Crippen LogP contribution in [0.4, 0.5) is 0 Å². The lowest BCUT2D eigenvalue weighted by Gasteiger charge is -2.27. The Labute approximate surface area is 170 Å². The van der Waals surface area contributed by atoms with Crippen molar-refractivity contribution in [2.75, 3.05) is 53.4 Å². The molecule has 2 fully saturated rings. The number of methoxy groups -OCH3 is 1. The van der Waals surface area contributed by atoms with Crippen LogP contribution in [0.1, 0.15) is 44.2 Å². The monoisotopic (exact) mass is 387 g/mol. The van der Waals surface area contributed by atoms with E-state index in [1.165, 1.54) is 37.8 Å². The van der Waals surface area contributed by atoms with E-state index in [0.29, 0.717) is 12.1 Å². The molecule has 2 N–H and O–H groups in total. The van der Waals surface area contributed by atoms with E-state index in [1.807, 2.05) is 6.07 Å². The van der Waals surface area contributed by atoms with Gasteiger partial charge < -0.3 is 20.3 Å². The van der Waals surface area contributed by atoms with E-state index in [4.69, 9.17) is 9.73 Å². The summed E-state index contributed by atoms with van der Waals surface area (Å²) in [4.78, 5) is 9.98. The molecule has 1 aromatic carbocycles. The van der Waals surface area contributed by atoms with Crippen LogP contribution in [0.2, 0.25) is 0 Å². The molecule has 0 aliphatic carbocycles. The molecule has 2 aliphatic rings. The molecule has 0 radical (unpaired) electrons. The zero-order valence-corrected chi connectivity index (χ0v) is 17.8. The third kappa shape index (κ3) is 5.61. The molecule has 0 spiro atoms. The standard InChI is InChI=1S/C22H37N5O/c1-4-23-22(24-16-19-10-8-12-26(19)2)25-17-21(27-13-5-6-14-27)18-9-7-11-20(15-18)28-3/h7,9,11,15,19,21H,4-6,8,10,12-14,16-17H2,1-3H3,(H2,23,24,25). The number of ether oxygens (including phenoxy) is 1. The number of benzene rings is 1. The maximum absolute atomic E-state index is 5.45. The van der Waals surface area contributed by atoms with Gasteiger partial charge in [-0.3, -0.25) is 9.89 Å². The molecule has 6 nitrogen and oxygen atoms in total. The van der Waals surface area contributed by atoms with Gasteiger partial charge in [0.25, 0.3) is 0 Å². The smallest absolute Gasteiger partial charge is 0.191 e. The molecule has 2 atom stereocenters. The number of nitrogens with zero attached hydrogens (tertiary/aromatic N) is 3. The van der Waals surface area contributed by atoms with Gasteiger partial charge in [0.15, 0.2) is 5.96 Å². The van der Waals surface area contributed by atoms with Crippen LogP contribution in [0.3, 0.4) is 0 Å². The largest absolute Gasteiger partial charge is 0.497 e. The first-order valence-electron chi connectivity index (χ1n) is 10.8. The van der Waals surface area contributed by atoms with Gasteiger partial charge in [-0.05, 0) is 77.0 Å². The van der Waals surface area contributed by atoms with Gasteiger partial charge in [0.1, 0.15) is 5.75 Å². The maximum Gasteiger partial charge on any atom is 0.191 e. The van der Waals surface area contributed by atoms with Crippen LogP contribution >= 0.6 is 0 Å². The predicted octanol–water partition coefficient (Wildman–Crippen LogP) is 2.48. The molecule has 2 unspecified atom stereocenters. The van der Waals surface area contributed by atoms with Gasteiger partial charge in [0.2, 0.25) is 0 Å². The summed E-state index contributed by atoms with van der Waals surface area (Å²) in [6.07, 6.45) is 5.11. The summed E-state index contributed by atoms with van der Waals surface area (Å²) in [6.45, 7) is 8.20. The fraction of sp³-hybridized carbons (Fsp3) is 0.682. The minimum atomic E-state index is 0.294. The Morgan fingerprint density at radius 3 is 2.71 bits per heavy atom. The number of aliphatic imine (C=N–C) groups is 1. The highest BCUT2D eigenvalue weighted by Crippen LogP contribution is 2.28. The second-order valence-electron chi connectivity index (χ2n) is 7.91. The zero-order chi connectivity index (χ0) is 19.8. The van der Waals surface area contributed by atoms with E-state index in [0.717, 1.165) is 44.4 Å². The Kier molecular flexibility index (Phi) is 7.98. The van der Waals surface area contributed by atoms with Gasteiger partial charge >= 0.3 is 0 Å². The summed E-state index contributed by atoms with van der Waals surface area (Å²) in [5, 5.41) is 6.99. The second-order valence-corrected chi connectivity index (χ2v) is 7.91. The lowest BCUT2D eigenvalue weighted by molar-refractivity contribution is 0.251. The predicted molar refractivity (Wildman–Crippen MR) is 116 cm³/mol. The van der Waals surface area contributed by atoms with E-state index in [2.05, 4.69) is 52.6 Å². The van der Waals surface area contributed by atoms with Crippen LogP contribution in [0.5, 0.6) is 5.75 Å². The molecule has 0 aromatic heterocycles. The average Bonchev–Trinajstić information content (AvgIpc) is 3.38. The Morgan fingerprint density at radius 2 is 2.04 bits per heavy atom. The molecule has 1 aromatic rings. The first-order valence-corrected chi connectivity index (χ1v) is 10.8. The van der Waals surface area contributed by atoms with E-state index < -0.39 is 0 Å². The van der Waals surface area contributed by atoms with Crippen molar-refractivity contribution in [3.8, 4) is 5.75 Å². The van der Waals surface area contributed by atoms with Crippen LogP contribution in [0.15, 0.2) is 29.3 Å². The highest BCUT2D eigenvalue weighted by molar-refractivity contribution is 5.79. The summed E-state index contributed by atoms with van der Waals surface area (Å²) in [7, 11) is 3.95. The third-order valence-corrected chi connectivity index (χ3v) is 6.00. The van der Waals surface area contributed by atoms with Crippen molar-refractivity contribution in [1.82, 2.24) is 20.4 Å². The van der Waals surface area contributed by atoms with Gasteiger partial charge in [-0.15, -0.1) is 0 Å². The third-order valence-electron chi connectivity index (χ3n) is 6.00. The number of rotatable bonds is 8. The average molecular weight is 388 g/mol. The number of hydrogen-bond donors (Lipinski definition) is 2. The summed E-state index contributed by atoms with van der Waals surface area (Å²) in [5.41, 5.74) is 1.29. The van der Waals surface area contributed by atoms with E-state index in [1.54, 1.807) is 7.11 Å². The van der Waals surface area contributed by atoms with Crippen molar-refractivity contribution in [2.45, 2.75) is 44.7 Å². The van der Waals surface area contributed by atoms with Crippen LogP contribution in [-0.2, 0) is 0 Å². The van der Waals surface area contributed by atoms with Gasteiger partial charge in [0, 0.05) is 19.1 Å². The lowest BCUT2D eigenvalue weighted by atomic mass is 10.1. The number of hydrogen-bond acceptors (Lipinski definition) is 4. The summed E-state index contributed by atoms with van der Waals surface area (Å²) in [6, 6.07) is 9.36. The molecule has 156 valence electrons. The number of likely N-dealkylation sites (N-methyl/N-ethyl adjacent to an activating group) is 1. The molecule has 2 saturated heterocycles. The zero-order valence-electron chi connectivity index (χ0n) is 17.8. The van der Waals surface area contributed by atoms with Crippen LogP contribution in [0, 0.1) is 0 Å². The Balaban J connectivity index is 1.69. The fourth-order valence-corrected chi connectivity index (χ4v) is 4.30. The first kappa shape index (κ1) is 20.9. The minimum Gasteiger partial charge on any atom is -0.497 e. The number of likely N-dealkylation sites (tertiary alicyclic amines) is 2. The summed E-state index contributed by atoms with van der Waals surface area (Å²) in [5.74, 6) is 1.84. The molecule has 0 bridgehead atoms. The van der Waals surface area contributed by atoms with Crippen molar-refractivity contribution in [3.63, 3.8) is 0 Å². The number of guanidine groups is 1. The fourth-order valence-electron chi connectivity index (χ4n) is 4.30. The molecule has 6 heteroatoms. The summed E-state index contributed by atoms with van der Waals surface area (Å²) < 4.78 is 5.45. The van der Waals surface area contributed by atoms with Crippen LogP contribution in [-0.4, -0.2) is 75.2 Å². The first-order chi connectivity index (χ1) is 13.7. The summed E-state index contributed by atoms with van der Waals surface area (Å²) >= 11 is 0. The van der Waals surface area contributed by atoms with E-state index in [9.17, 15) is 0 Å². The van der Waals surface area contributed by atoms with Gasteiger partial charge in [0.05, 0.1) is 19.7 Å². The lowest BCUT2D eigenvalue weighted by Crippen LogP contribution is -2.44. The van der Waals surface area contributed by atoms with Crippen molar-refractivity contribution in [3.05, 3.63) is 29.8 Å². The molecule has 3 rings (SSSR count). The Morgan fingerprint density at radius 1 is 1.21 bits per heavy atom. The molecular weight excluding hydrogens is 350 g/mol. The quantitative estimate of drug-likeness (QED) is 0.530.